The maximum Gasteiger partial charge on any atom is 0.129 e. The molecule has 3 heteroatoms. The van der Waals surface area contributed by atoms with E-state index in [1.165, 1.54) is 0 Å². The van der Waals surface area contributed by atoms with E-state index in [9.17, 15) is 0 Å². The van der Waals surface area contributed by atoms with Crippen molar-refractivity contribution >= 4 is 16.1 Å². The Balaban J connectivity index is -0.0000000894. The van der Waals surface area contributed by atoms with Gasteiger partial charge >= 0.3 is 0 Å². The normalized spacial score (nSPS) is 19.8. The molecule has 0 saturated carbocycles. The molecule has 0 aromatic carbocycles. The molecule has 162 valence electrons. The highest BCUT2D eigenvalue weighted by molar-refractivity contribution is 6.84. The molecular formula is C24H52OSi2. The van der Waals surface area contributed by atoms with E-state index >= 15 is 0 Å². The van der Waals surface area contributed by atoms with E-state index in [1.54, 1.807) is 0 Å². The van der Waals surface area contributed by atoms with Crippen LogP contribution in [0.2, 0.25) is 39.3 Å². The van der Waals surface area contributed by atoms with Crippen LogP contribution in [0.4, 0.5) is 0 Å². The van der Waals surface area contributed by atoms with Crippen molar-refractivity contribution in [3.8, 4) is 22.9 Å². The summed E-state index contributed by atoms with van der Waals surface area (Å²) in [6.07, 6.45) is 5.55. The Hall–Kier alpha value is -0.906. The molecule has 0 N–H and O–H groups in total. The molecule has 1 aliphatic rings. The molecule has 1 aliphatic heterocycles. The van der Waals surface area contributed by atoms with Crippen molar-refractivity contribution in [1.29, 1.82) is 0 Å². The topological polar surface area (TPSA) is 9.23 Å². The highest BCUT2D eigenvalue weighted by Gasteiger charge is 2.23. The van der Waals surface area contributed by atoms with Gasteiger partial charge in [-0.3, -0.25) is 0 Å². The van der Waals surface area contributed by atoms with Crippen LogP contribution in [-0.4, -0.2) is 22.3 Å². The van der Waals surface area contributed by atoms with Crippen LogP contribution in [0.1, 0.15) is 63.7 Å². The van der Waals surface area contributed by atoms with E-state index in [0.717, 1.165) is 6.42 Å². The van der Waals surface area contributed by atoms with Crippen LogP contribution in [-0.2, 0) is 4.74 Å². The maximum atomic E-state index is 5.43. The summed E-state index contributed by atoms with van der Waals surface area (Å²) in [6, 6.07) is 0. The monoisotopic (exact) mass is 412 g/mol. The minimum absolute atomic E-state index is 0. The van der Waals surface area contributed by atoms with Gasteiger partial charge in [0.2, 0.25) is 0 Å². The largest absolute Gasteiger partial charge is 0.498 e. The summed E-state index contributed by atoms with van der Waals surface area (Å²) in [7, 11) is -2.04. The molecule has 1 nitrogen and oxygen atoms in total. The highest BCUT2D eigenvalue weighted by atomic mass is 28.3. The van der Waals surface area contributed by atoms with E-state index < -0.39 is 16.1 Å². The van der Waals surface area contributed by atoms with Crippen LogP contribution in [0, 0.1) is 34.8 Å². The SMILES string of the molecule is C.CC.CC#C[Si](C)(C)C.CC#C[Si](C)(C)C.CC[C@H]1OC=C[C@@H](C)[C@@H]1C.[HH]. The Morgan fingerprint density at radius 2 is 1.26 bits per heavy atom. The molecule has 0 unspecified atom stereocenters. The summed E-state index contributed by atoms with van der Waals surface area (Å²) in [5, 5.41) is 0. The molecule has 1 rings (SSSR count). The van der Waals surface area contributed by atoms with E-state index in [2.05, 4.69) is 89.1 Å². The zero-order chi connectivity index (χ0) is 21.4. The highest BCUT2D eigenvalue weighted by Crippen LogP contribution is 2.25. The first kappa shape index (κ1) is 33.7. The lowest BCUT2D eigenvalue weighted by Gasteiger charge is -2.29. The van der Waals surface area contributed by atoms with Gasteiger partial charge in [0.15, 0.2) is 0 Å². The van der Waals surface area contributed by atoms with Gasteiger partial charge < -0.3 is 4.74 Å². The van der Waals surface area contributed by atoms with Gasteiger partial charge in [0.1, 0.15) is 22.3 Å². The number of hydrogen-bond acceptors (Lipinski definition) is 1. The van der Waals surface area contributed by atoms with E-state index in [0.29, 0.717) is 17.9 Å². The van der Waals surface area contributed by atoms with Crippen molar-refractivity contribution < 1.29 is 6.16 Å². The van der Waals surface area contributed by atoms with Crippen molar-refractivity contribution in [2.24, 2.45) is 11.8 Å². The van der Waals surface area contributed by atoms with Crippen LogP contribution in [0.3, 0.4) is 0 Å². The minimum Gasteiger partial charge on any atom is -0.498 e. The van der Waals surface area contributed by atoms with Crippen LogP contribution < -0.4 is 0 Å². The molecule has 27 heavy (non-hydrogen) atoms. The predicted octanol–water partition coefficient (Wildman–Crippen LogP) is 8.26. The van der Waals surface area contributed by atoms with Gasteiger partial charge in [-0.05, 0) is 38.2 Å². The standard InChI is InChI=1S/C9H16O.2C6H12Si.C2H6.CH4.H2/c1-4-9-8(3)7(2)5-6-10-9;2*1-5-6-7(2,3)4;1-2;;/h5-9H,4H2,1-3H3;2*1-4H3;1-2H3;1H4;1H/t7-,8+,9-;;;;;/m1...../s1. The third-order valence-corrected chi connectivity index (χ3v) is 5.45. The lowest BCUT2D eigenvalue weighted by molar-refractivity contribution is 0.0562. The molecule has 3 atom stereocenters. The molecule has 0 aromatic heterocycles. The second-order valence-electron chi connectivity index (χ2n) is 8.38. The van der Waals surface area contributed by atoms with Gasteiger partial charge in [0, 0.05) is 1.43 Å². The molecule has 0 aromatic rings. The number of hydrogen-bond donors (Lipinski definition) is 0. The van der Waals surface area contributed by atoms with Crippen LogP contribution in [0.5, 0.6) is 0 Å². The molecular weight excluding hydrogens is 360 g/mol. The van der Waals surface area contributed by atoms with Crippen LogP contribution >= 0.6 is 0 Å². The first-order chi connectivity index (χ1) is 11.9. The van der Waals surface area contributed by atoms with E-state index in [-0.39, 0.29) is 8.85 Å². The molecule has 0 amide bonds. The minimum atomic E-state index is -1.02. The summed E-state index contributed by atoms with van der Waals surface area (Å²) in [5.74, 6) is 7.19. The molecule has 0 fully saturated rings. The first-order valence-electron chi connectivity index (χ1n) is 10.1. The van der Waals surface area contributed by atoms with Crippen LogP contribution in [0.25, 0.3) is 0 Å². The fourth-order valence-electron chi connectivity index (χ4n) is 2.13. The predicted molar refractivity (Wildman–Crippen MR) is 136 cm³/mol. The van der Waals surface area contributed by atoms with E-state index in [4.69, 9.17) is 4.74 Å². The Kier molecular flexibility index (Phi) is 23.0. The third kappa shape index (κ3) is 25.1. The average Bonchev–Trinajstić information content (AvgIpc) is 2.51. The zero-order valence-electron chi connectivity index (χ0n) is 20.0. The van der Waals surface area contributed by atoms with Crippen molar-refractivity contribution in [3.05, 3.63) is 12.3 Å². The van der Waals surface area contributed by atoms with Gasteiger partial charge in [-0.2, -0.15) is 0 Å². The van der Waals surface area contributed by atoms with Crippen molar-refractivity contribution in [3.63, 3.8) is 0 Å². The summed E-state index contributed by atoms with van der Waals surface area (Å²) >= 11 is 0. The van der Waals surface area contributed by atoms with Crippen molar-refractivity contribution in [1.82, 2.24) is 0 Å². The third-order valence-electron chi connectivity index (χ3n) is 3.45. The maximum absolute atomic E-state index is 5.43. The summed E-state index contributed by atoms with van der Waals surface area (Å²) in [5.41, 5.74) is 6.35. The second kappa shape index (κ2) is 18.5. The fraction of sp³-hybridized carbons (Fsp3) is 0.750. The second-order valence-corrected chi connectivity index (χ2v) is 17.9. The first-order valence-corrected chi connectivity index (χ1v) is 17.1. The Bertz CT molecular complexity index is 449. The average molecular weight is 413 g/mol. The van der Waals surface area contributed by atoms with Gasteiger partial charge in [-0.25, -0.2) is 0 Å². The van der Waals surface area contributed by atoms with Gasteiger partial charge in [-0.15, -0.1) is 22.9 Å². The summed E-state index contributed by atoms with van der Waals surface area (Å²) in [6.45, 7) is 27.9. The molecule has 0 bridgehead atoms. The Morgan fingerprint density at radius 3 is 1.44 bits per heavy atom. The Morgan fingerprint density at radius 1 is 0.889 bits per heavy atom. The lowest BCUT2D eigenvalue weighted by atomic mass is 9.88. The van der Waals surface area contributed by atoms with Crippen LogP contribution in [0.15, 0.2) is 12.3 Å². The zero-order valence-corrected chi connectivity index (χ0v) is 22.0. The smallest absolute Gasteiger partial charge is 0.129 e. The van der Waals surface area contributed by atoms with E-state index in [1.807, 2.05) is 34.0 Å². The quantitative estimate of drug-likeness (QED) is 0.311. The fourth-order valence-corrected chi connectivity index (χ4v) is 3.63. The molecule has 0 radical (unpaired) electrons. The molecule has 1 heterocycles. The molecule has 0 aliphatic carbocycles. The van der Waals surface area contributed by atoms with Gasteiger partial charge in [0.05, 0.1) is 6.26 Å². The lowest BCUT2D eigenvalue weighted by Crippen LogP contribution is -2.26. The molecule has 0 saturated heterocycles. The van der Waals surface area contributed by atoms with Crippen molar-refractivity contribution in [2.75, 3.05) is 0 Å². The van der Waals surface area contributed by atoms with Crippen molar-refractivity contribution in [2.45, 2.75) is 108 Å². The number of allylic oxidation sites excluding steroid dienone is 1. The summed E-state index contributed by atoms with van der Waals surface area (Å²) < 4.78 is 5.43. The number of rotatable bonds is 1. The van der Waals surface area contributed by atoms with Gasteiger partial charge in [0.25, 0.3) is 0 Å². The molecule has 0 spiro atoms. The Labute approximate surface area is 177 Å². The van der Waals surface area contributed by atoms with Gasteiger partial charge in [-0.1, -0.05) is 81.3 Å². The summed E-state index contributed by atoms with van der Waals surface area (Å²) in [4.78, 5) is 0. The number of ether oxygens (including phenoxy) is 1.